The highest BCUT2D eigenvalue weighted by Gasteiger charge is 2.29. The van der Waals surface area contributed by atoms with Gasteiger partial charge in [-0.3, -0.25) is 4.79 Å². The molecule has 3 rings (SSSR count). The lowest BCUT2D eigenvalue weighted by Gasteiger charge is -2.11. The van der Waals surface area contributed by atoms with Crippen molar-refractivity contribution in [2.75, 3.05) is 11.5 Å². The van der Waals surface area contributed by atoms with E-state index in [4.69, 9.17) is 0 Å². The molecule has 1 aliphatic rings. The highest BCUT2D eigenvalue weighted by atomic mass is 32.2. The molecule has 1 aromatic heterocycles. The molecule has 1 aliphatic heterocycles. The minimum Gasteiger partial charge on any atom is -0.348 e. The molecule has 1 fully saturated rings. The summed E-state index contributed by atoms with van der Waals surface area (Å²) in [6, 6.07) is 7.40. The maximum atomic E-state index is 13.0. The molecule has 1 saturated heterocycles. The average molecular weight is 339 g/mol. The Bertz CT molecular complexity index is 796. The number of amides is 1. The van der Waals surface area contributed by atoms with E-state index in [-0.39, 0.29) is 29.3 Å². The third-order valence-corrected chi connectivity index (χ3v) is 6.28. The van der Waals surface area contributed by atoms with Gasteiger partial charge < -0.3 is 5.32 Å². The monoisotopic (exact) mass is 339 g/mol. The lowest BCUT2D eigenvalue weighted by molar-refractivity contribution is 0.0946. The van der Waals surface area contributed by atoms with Crippen LogP contribution in [-0.4, -0.2) is 31.9 Å². The van der Waals surface area contributed by atoms with Crippen molar-refractivity contribution in [2.45, 2.75) is 12.5 Å². The first-order valence-corrected chi connectivity index (χ1v) is 9.49. The van der Waals surface area contributed by atoms with Gasteiger partial charge in [-0.15, -0.1) is 11.3 Å². The second kappa shape index (κ2) is 5.81. The summed E-state index contributed by atoms with van der Waals surface area (Å²) >= 11 is 1.28. The zero-order valence-corrected chi connectivity index (χ0v) is 13.2. The Hall–Kier alpha value is -1.73. The van der Waals surface area contributed by atoms with Gasteiger partial charge in [0, 0.05) is 11.6 Å². The number of hydrogen-bond acceptors (Lipinski definition) is 4. The lowest BCUT2D eigenvalue weighted by atomic mass is 10.1. The predicted molar refractivity (Wildman–Crippen MR) is 84.2 cm³/mol. The second-order valence-corrected chi connectivity index (χ2v) is 8.39. The van der Waals surface area contributed by atoms with Crippen molar-refractivity contribution in [1.29, 1.82) is 0 Å². The highest BCUT2D eigenvalue weighted by molar-refractivity contribution is 7.91. The molecular formula is C15H14FNO3S2. The van der Waals surface area contributed by atoms with Crippen molar-refractivity contribution in [2.24, 2.45) is 0 Å². The molecule has 2 aromatic rings. The van der Waals surface area contributed by atoms with Crippen molar-refractivity contribution in [3.8, 4) is 11.1 Å². The molecule has 2 heterocycles. The molecule has 116 valence electrons. The van der Waals surface area contributed by atoms with Crippen LogP contribution in [0.1, 0.15) is 16.1 Å². The van der Waals surface area contributed by atoms with E-state index in [9.17, 15) is 17.6 Å². The van der Waals surface area contributed by atoms with Gasteiger partial charge in [-0.2, -0.15) is 0 Å². The van der Waals surface area contributed by atoms with Crippen LogP contribution in [-0.2, 0) is 9.84 Å². The maximum absolute atomic E-state index is 13.0. The summed E-state index contributed by atoms with van der Waals surface area (Å²) in [7, 11) is -3.03. The van der Waals surface area contributed by atoms with Gasteiger partial charge in [-0.1, -0.05) is 12.1 Å². The Labute approximate surface area is 131 Å². The fraction of sp³-hybridized carbons (Fsp3) is 0.267. The zero-order valence-electron chi connectivity index (χ0n) is 11.6. The Morgan fingerprint density at radius 2 is 1.95 bits per heavy atom. The number of sulfone groups is 1. The topological polar surface area (TPSA) is 63.2 Å². The maximum Gasteiger partial charge on any atom is 0.262 e. The summed E-state index contributed by atoms with van der Waals surface area (Å²) in [4.78, 5) is 12.9. The summed E-state index contributed by atoms with van der Waals surface area (Å²) in [5, 5.41) is 4.57. The third-order valence-electron chi connectivity index (χ3n) is 3.59. The fourth-order valence-corrected chi connectivity index (χ4v) is 4.99. The molecule has 1 atom stereocenters. The Morgan fingerprint density at radius 3 is 2.59 bits per heavy atom. The zero-order chi connectivity index (χ0) is 15.7. The normalized spacial score (nSPS) is 20.0. The molecule has 0 spiro atoms. The van der Waals surface area contributed by atoms with E-state index < -0.39 is 9.84 Å². The molecule has 1 amide bonds. The van der Waals surface area contributed by atoms with Crippen molar-refractivity contribution in [3.05, 3.63) is 46.4 Å². The third kappa shape index (κ3) is 3.20. The summed E-state index contributed by atoms with van der Waals surface area (Å²) in [6.45, 7) is 0. The minimum atomic E-state index is -3.03. The second-order valence-electron chi connectivity index (χ2n) is 5.24. The number of carbonyl (C=O) groups excluding carboxylic acids is 1. The van der Waals surface area contributed by atoms with Gasteiger partial charge >= 0.3 is 0 Å². The number of halogens is 1. The van der Waals surface area contributed by atoms with Gasteiger partial charge in [-0.05, 0) is 35.6 Å². The number of carbonyl (C=O) groups is 1. The van der Waals surface area contributed by atoms with Gasteiger partial charge in [0.05, 0.1) is 16.4 Å². The van der Waals surface area contributed by atoms with E-state index >= 15 is 0 Å². The summed E-state index contributed by atoms with van der Waals surface area (Å²) in [5.41, 5.74) is 1.48. The number of rotatable bonds is 3. The van der Waals surface area contributed by atoms with E-state index in [0.717, 1.165) is 11.1 Å². The molecule has 22 heavy (non-hydrogen) atoms. The van der Waals surface area contributed by atoms with Crippen LogP contribution in [0.3, 0.4) is 0 Å². The number of nitrogens with one attached hydrogen (secondary N) is 1. The average Bonchev–Trinajstić information content (AvgIpc) is 3.06. The predicted octanol–water partition coefficient (Wildman–Crippen LogP) is 2.47. The van der Waals surface area contributed by atoms with Gasteiger partial charge in [-0.25, -0.2) is 12.8 Å². The lowest BCUT2D eigenvalue weighted by Crippen LogP contribution is -2.35. The smallest absolute Gasteiger partial charge is 0.262 e. The van der Waals surface area contributed by atoms with Crippen LogP contribution in [0.4, 0.5) is 4.39 Å². The Balaban J connectivity index is 1.80. The standard InChI is InChI=1S/C15H14FNO3S2/c16-11-3-1-10(2-4-11)13-5-7-21-14(13)15(18)17-12-6-8-22(19,20)9-12/h1-5,7,12H,6,8-9H2,(H,17,18). The van der Waals surface area contributed by atoms with E-state index in [2.05, 4.69) is 5.32 Å². The first kappa shape index (κ1) is 15.2. The first-order chi connectivity index (χ1) is 10.4. The van der Waals surface area contributed by atoms with Crippen LogP contribution in [0.5, 0.6) is 0 Å². The van der Waals surface area contributed by atoms with Crippen LogP contribution in [0.2, 0.25) is 0 Å². The molecule has 0 bridgehead atoms. The Morgan fingerprint density at radius 1 is 1.23 bits per heavy atom. The van der Waals surface area contributed by atoms with Crippen LogP contribution < -0.4 is 5.32 Å². The van der Waals surface area contributed by atoms with Gasteiger partial charge in [0.1, 0.15) is 5.82 Å². The van der Waals surface area contributed by atoms with E-state index in [1.807, 2.05) is 0 Å². The molecule has 1 unspecified atom stereocenters. The van der Waals surface area contributed by atoms with Crippen LogP contribution in [0, 0.1) is 5.82 Å². The minimum absolute atomic E-state index is 0.00397. The SMILES string of the molecule is O=C(NC1CCS(=O)(=O)C1)c1sccc1-c1ccc(F)cc1. The molecule has 7 heteroatoms. The molecule has 1 N–H and O–H groups in total. The quantitative estimate of drug-likeness (QED) is 0.934. The van der Waals surface area contributed by atoms with Crippen molar-refractivity contribution >= 4 is 27.1 Å². The van der Waals surface area contributed by atoms with Crippen LogP contribution in [0.15, 0.2) is 35.7 Å². The summed E-state index contributed by atoms with van der Waals surface area (Å²) in [6.07, 6.45) is 0.450. The highest BCUT2D eigenvalue weighted by Crippen LogP contribution is 2.28. The molecule has 4 nitrogen and oxygen atoms in total. The van der Waals surface area contributed by atoms with Crippen molar-refractivity contribution in [3.63, 3.8) is 0 Å². The molecule has 0 aliphatic carbocycles. The fourth-order valence-electron chi connectivity index (χ4n) is 2.50. The van der Waals surface area contributed by atoms with E-state index in [1.165, 1.54) is 23.5 Å². The van der Waals surface area contributed by atoms with Gasteiger partial charge in [0.15, 0.2) is 9.84 Å². The van der Waals surface area contributed by atoms with E-state index in [1.54, 1.807) is 23.6 Å². The van der Waals surface area contributed by atoms with Crippen LogP contribution in [0.25, 0.3) is 11.1 Å². The van der Waals surface area contributed by atoms with Crippen molar-refractivity contribution in [1.82, 2.24) is 5.32 Å². The molecular weight excluding hydrogens is 325 g/mol. The largest absolute Gasteiger partial charge is 0.348 e. The number of benzene rings is 1. The number of thiophene rings is 1. The summed E-state index contributed by atoms with van der Waals surface area (Å²) in [5.74, 6) is -0.499. The van der Waals surface area contributed by atoms with Crippen molar-refractivity contribution < 1.29 is 17.6 Å². The Kier molecular flexibility index (Phi) is 4.01. The van der Waals surface area contributed by atoms with Gasteiger partial charge in [0.2, 0.25) is 0 Å². The van der Waals surface area contributed by atoms with E-state index in [0.29, 0.717) is 11.3 Å². The van der Waals surface area contributed by atoms with Crippen LogP contribution >= 0.6 is 11.3 Å². The molecule has 1 aromatic carbocycles. The number of hydrogen-bond donors (Lipinski definition) is 1. The molecule has 0 saturated carbocycles. The summed E-state index contributed by atoms with van der Waals surface area (Å²) < 4.78 is 35.9. The van der Waals surface area contributed by atoms with Gasteiger partial charge in [0.25, 0.3) is 5.91 Å². The molecule has 0 radical (unpaired) electrons. The first-order valence-electron chi connectivity index (χ1n) is 6.79.